The fourth-order valence-corrected chi connectivity index (χ4v) is 9.49. The van der Waals surface area contributed by atoms with Crippen molar-refractivity contribution in [1.82, 2.24) is 0 Å². The van der Waals surface area contributed by atoms with Crippen molar-refractivity contribution in [2.75, 3.05) is 13.2 Å². The number of halogens is 2. The Labute approximate surface area is 400 Å². The summed E-state index contributed by atoms with van der Waals surface area (Å²) in [7, 11) is 0. The third-order valence-corrected chi connectivity index (χ3v) is 13.6. The SMILES string of the molecule is CCCCCCCCCCCCCCCCOc1ccc(C2=C(c3ccc(OCCCCCCCCCCCCCCCC)cc3)C(c3ccc(Cl)cc3)=C2c2ccc(Cl)cc2)cc1. The Morgan fingerprint density at radius 1 is 0.266 bits per heavy atom. The highest BCUT2D eigenvalue weighted by Gasteiger charge is 2.33. The zero-order valence-electron chi connectivity index (χ0n) is 40.0. The normalized spacial score (nSPS) is 12.6. The van der Waals surface area contributed by atoms with Crippen molar-refractivity contribution >= 4 is 45.5 Å². The average Bonchev–Trinajstić information content (AvgIpc) is 3.31. The summed E-state index contributed by atoms with van der Waals surface area (Å²) in [6.07, 6.45) is 38.1. The molecule has 0 atom stereocenters. The van der Waals surface area contributed by atoms with Gasteiger partial charge in [-0.05, 0) is 106 Å². The summed E-state index contributed by atoms with van der Waals surface area (Å²) in [5, 5.41) is 1.46. The van der Waals surface area contributed by atoms with E-state index in [4.69, 9.17) is 32.7 Å². The molecule has 4 heteroatoms. The van der Waals surface area contributed by atoms with Gasteiger partial charge in [-0.25, -0.2) is 0 Å². The van der Waals surface area contributed by atoms with Crippen molar-refractivity contribution in [1.29, 1.82) is 0 Å². The van der Waals surface area contributed by atoms with Gasteiger partial charge in [0.1, 0.15) is 11.5 Å². The monoisotopic (exact) mass is 905 g/mol. The number of unbranched alkanes of at least 4 members (excludes halogenated alkanes) is 26. The van der Waals surface area contributed by atoms with Crippen LogP contribution in [0.3, 0.4) is 0 Å². The molecule has 0 N–H and O–H groups in total. The Morgan fingerprint density at radius 3 is 0.703 bits per heavy atom. The zero-order chi connectivity index (χ0) is 44.9. The molecule has 0 spiro atoms. The van der Waals surface area contributed by atoms with Crippen LogP contribution in [0.4, 0.5) is 0 Å². The molecule has 0 aliphatic heterocycles. The van der Waals surface area contributed by atoms with Gasteiger partial charge in [0.15, 0.2) is 0 Å². The molecule has 0 bridgehead atoms. The third kappa shape index (κ3) is 18.4. The van der Waals surface area contributed by atoms with Gasteiger partial charge in [-0.15, -0.1) is 0 Å². The van der Waals surface area contributed by atoms with E-state index in [1.54, 1.807) is 0 Å². The fraction of sp³-hybridized carbons (Fsp3) is 0.533. The van der Waals surface area contributed by atoms with Gasteiger partial charge in [-0.3, -0.25) is 0 Å². The van der Waals surface area contributed by atoms with Gasteiger partial charge in [0.2, 0.25) is 0 Å². The minimum Gasteiger partial charge on any atom is -0.494 e. The highest BCUT2D eigenvalue weighted by Crippen LogP contribution is 2.56. The van der Waals surface area contributed by atoms with Gasteiger partial charge in [0, 0.05) is 10.0 Å². The number of ether oxygens (including phenoxy) is 2. The lowest BCUT2D eigenvalue weighted by Crippen LogP contribution is -2.10. The third-order valence-electron chi connectivity index (χ3n) is 13.1. The van der Waals surface area contributed by atoms with Crippen LogP contribution in [0.1, 0.15) is 216 Å². The molecule has 4 aromatic carbocycles. The summed E-state index contributed by atoms with van der Waals surface area (Å²) in [4.78, 5) is 0. The van der Waals surface area contributed by atoms with Crippen molar-refractivity contribution in [3.63, 3.8) is 0 Å². The minimum atomic E-state index is 0.729. The van der Waals surface area contributed by atoms with E-state index in [0.29, 0.717) is 0 Å². The molecule has 4 aromatic rings. The second-order valence-corrected chi connectivity index (χ2v) is 19.3. The number of allylic oxidation sites excluding steroid dienone is 4. The van der Waals surface area contributed by atoms with E-state index in [2.05, 4.69) is 86.6 Å². The number of benzene rings is 4. The molecule has 348 valence electrons. The van der Waals surface area contributed by atoms with Crippen LogP contribution in [0.25, 0.3) is 22.3 Å². The maximum atomic E-state index is 6.42. The highest BCUT2D eigenvalue weighted by molar-refractivity contribution is 6.43. The first-order valence-electron chi connectivity index (χ1n) is 26.1. The quantitative estimate of drug-likeness (QED) is 0.0424. The Morgan fingerprint density at radius 2 is 0.469 bits per heavy atom. The molecule has 1 aliphatic carbocycles. The van der Waals surface area contributed by atoms with Crippen molar-refractivity contribution in [2.24, 2.45) is 0 Å². The van der Waals surface area contributed by atoms with Gasteiger partial charge in [-0.2, -0.15) is 0 Å². The predicted octanol–water partition coefficient (Wildman–Crippen LogP) is 20.2. The molecule has 1 aliphatic rings. The van der Waals surface area contributed by atoms with E-state index in [9.17, 15) is 0 Å². The van der Waals surface area contributed by atoms with Gasteiger partial charge in [-0.1, -0.05) is 253 Å². The molecule has 5 rings (SSSR count). The van der Waals surface area contributed by atoms with Crippen LogP contribution in [0.15, 0.2) is 97.1 Å². The molecular formula is C60H82Cl2O2. The molecule has 0 radical (unpaired) electrons. The van der Waals surface area contributed by atoms with E-state index in [1.807, 2.05) is 24.3 Å². The lowest BCUT2D eigenvalue weighted by atomic mass is 9.69. The van der Waals surface area contributed by atoms with Crippen LogP contribution in [0, 0.1) is 0 Å². The Bertz CT molecular complexity index is 1750. The minimum absolute atomic E-state index is 0.729. The lowest BCUT2D eigenvalue weighted by molar-refractivity contribution is 0.304. The smallest absolute Gasteiger partial charge is 0.119 e. The Hall–Kier alpha value is -3.46. The van der Waals surface area contributed by atoms with Gasteiger partial charge < -0.3 is 9.47 Å². The number of hydrogen-bond acceptors (Lipinski definition) is 2. The summed E-state index contributed by atoms with van der Waals surface area (Å²) in [5.74, 6) is 1.85. The van der Waals surface area contributed by atoms with Crippen molar-refractivity contribution in [3.05, 3.63) is 129 Å². The van der Waals surface area contributed by atoms with Crippen molar-refractivity contribution < 1.29 is 9.47 Å². The van der Waals surface area contributed by atoms with Crippen LogP contribution in [0.2, 0.25) is 10.0 Å². The first kappa shape index (κ1) is 51.5. The first-order valence-corrected chi connectivity index (χ1v) is 26.8. The van der Waals surface area contributed by atoms with Gasteiger partial charge in [0.05, 0.1) is 13.2 Å². The topological polar surface area (TPSA) is 18.5 Å². The molecule has 0 unspecified atom stereocenters. The second-order valence-electron chi connectivity index (χ2n) is 18.5. The zero-order valence-corrected chi connectivity index (χ0v) is 41.5. The van der Waals surface area contributed by atoms with Crippen LogP contribution in [-0.4, -0.2) is 13.2 Å². The molecule has 0 amide bonds. The summed E-state index contributed by atoms with van der Waals surface area (Å²) >= 11 is 12.8. The Balaban J connectivity index is 1.13. The summed E-state index contributed by atoms with van der Waals surface area (Å²) < 4.78 is 12.5. The number of hydrogen-bond donors (Lipinski definition) is 0. The van der Waals surface area contributed by atoms with Crippen LogP contribution in [0.5, 0.6) is 11.5 Å². The summed E-state index contributed by atoms with van der Waals surface area (Å²) in [6.45, 7) is 6.11. The fourth-order valence-electron chi connectivity index (χ4n) is 9.23. The maximum absolute atomic E-state index is 6.42. The van der Waals surface area contributed by atoms with E-state index in [1.165, 1.54) is 200 Å². The Kier molecular flexibility index (Phi) is 25.3. The maximum Gasteiger partial charge on any atom is 0.119 e. The highest BCUT2D eigenvalue weighted by atomic mass is 35.5. The molecule has 0 saturated carbocycles. The molecule has 0 fully saturated rings. The van der Waals surface area contributed by atoms with Gasteiger partial charge >= 0.3 is 0 Å². The molecule has 0 aromatic heterocycles. The van der Waals surface area contributed by atoms with Crippen LogP contribution in [-0.2, 0) is 0 Å². The van der Waals surface area contributed by atoms with Crippen LogP contribution < -0.4 is 9.47 Å². The first-order chi connectivity index (χ1) is 31.6. The summed E-state index contributed by atoms with van der Waals surface area (Å²) in [5.41, 5.74) is 9.48. The van der Waals surface area contributed by atoms with E-state index >= 15 is 0 Å². The van der Waals surface area contributed by atoms with Crippen LogP contribution >= 0.6 is 23.2 Å². The van der Waals surface area contributed by atoms with Crippen molar-refractivity contribution in [3.8, 4) is 11.5 Å². The average molecular weight is 906 g/mol. The lowest BCUT2D eigenvalue weighted by Gasteiger charge is -2.33. The second kappa shape index (κ2) is 31.5. The molecule has 2 nitrogen and oxygen atoms in total. The standard InChI is InChI=1S/C60H82Cl2O2/c1-3-5-7-9-11-13-15-17-19-21-23-25-27-29-47-63-55-43-35-51(36-44-55)59-57(49-31-39-53(61)40-32-49)58(50-33-41-54(62)42-34-50)60(59)52-37-45-56(46-38-52)64-48-30-28-26-24-22-20-18-16-14-12-10-8-6-4-2/h31-46H,3-30,47-48H2,1-2H3. The number of rotatable bonds is 36. The molecule has 64 heavy (non-hydrogen) atoms. The van der Waals surface area contributed by atoms with Crippen molar-refractivity contribution in [2.45, 2.75) is 194 Å². The predicted molar refractivity (Wildman–Crippen MR) is 281 cm³/mol. The summed E-state index contributed by atoms with van der Waals surface area (Å²) in [6, 6.07) is 33.9. The van der Waals surface area contributed by atoms with E-state index < -0.39 is 0 Å². The molecule has 0 heterocycles. The van der Waals surface area contributed by atoms with E-state index in [-0.39, 0.29) is 0 Å². The molecular weight excluding hydrogens is 824 g/mol. The largest absolute Gasteiger partial charge is 0.494 e. The molecule has 0 saturated heterocycles. The van der Waals surface area contributed by atoms with E-state index in [0.717, 1.165) is 58.7 Å². The van der Waals surface area contributed by atoms with Gasteiger partial charge in [0.25, 0.3) is 0 Å².